The van der Waals surface area contributed by atoms with E-state index in [-0.39, 0.29) is 16.9 Å². The maximum Gasteiger partial charge on any atom is 0.293 e. The summed E-state index contributed by atoms with van der Waals surface area (Å²) in [6.07, 6.45) is 2.23. The molecular weight excluding hydrogens is 244 g/mol. The number of piperidine rings is 1. The highest BCUT2D eigenvalue weighted by Gasteiger charge is 2.24. The van der Waals surface area contributed by atoms with Crippen LogP contribution in [0.15, 0.2) is 12.1 Å². The molecule has 2 N–H and O–H groups in total. The quantitative estimate of drug-likeness (QED) is 0.500. The summed E-state index contributed by atoms with van der Waals surface area (Å²) in [5, 5.41) is 20.1. The first-order chi connectivity index (χ1) is 9.04. The fourth-order valence-electron chi connectivity index (χ4n) is 2.55. The lowest BCUT2D eigenvalue weighted by atomic mass is 9.98. The van der Waals surface area contributed by atoms with Gasteiger partial charge in [0.25, 0.3) is 5.69 Å². The van der Waals surface area contributed by atoms with E-state index < -0.39 is 4.92 Å². The third-order valence-corrected chi connectivity index (χ3v) is 3.51. The van der Waals surface area contributed by atoms with Crippen LogP contribution in [0.3, 0.4) is 0 Å². The van der Waals surface area contributed by atoms with E-state index in [1.54, 1.807) is 6.07 Å². The van der Waals surface area contributed by atoms with Gasteiger partial charge < -0.3 is 10.6 Å². The first kappa shape index (κ1) is 13.1. The Hall–Kier alpha value is -2.29. The number of hydrogen-bond acceptors (Lipinski definition) is 5. The summed E-state index contributed by atoms with van der Waals surface area (Å²) in [7, 11) is 0. The van der Waals surface area contributed by atoms with Gasteiger partial charge in [0.15, 0.2) is 0 Å². The lowest BCUT2D eigenvalue weighted by Gasteiger charge is -2.33. The standard InChI is InChI=1S/C13H16N4O2/c1-9-3-2-6-16(8-9)11-4-5-12(17(18)19)13(15)10(11)7-14/h4-5,9H,2-3,6,8,15H2,1H3. The van der Waals surface area contributed by atoms with Crippen LogP contribution < -0.4 is 10.6 Å². The summed E-state index contributed by atoms with van der Waals surface area (Å²) in [5.74, 6) is 0.553. The topological polar surface area (TPSA) is 96.2 Å². The molecule has 2 rings (SSSR count). The van der Waals surface area contributed by atoms with Gasteiger partial charge in [0.2, 0.25) is 0 Å². The first-order valence-corrected chi connectivity index (χ1v) is 6.26. The Bertz CT molecular complexity index is 550. The summed E-state index contributed by atoms with van der Waals surface area (Å²) in [6.45, 7) is 3.87. The lowest BCUT2D eigenvalue weighted by molar-refractivity contribution is -0.383. The van der Waals surface area contributed by atoms with Crippen molar-refractivity contribution in [3.05, 3.63) is 27.8 Å². The third-order valence-electron chi connectivity index (χ3n) is 3.51. The van der Waals surface area contributed by atoms with Gasteiger partial charge in [0.05, 0.1) is 10.6 Å². The van der Waals surface area contributed by atoms with E-state index in [1.807, 2.05) is 6.07 Å². The molecule has 0 aromatic heterocycles. The van der Waals surface area contributed by atoms with Crippen LogP contribution in [-0.4, -0.2) is 18.0 Å². The SMILES string of the molecule is CC1CCCN(c2ccc([N+](=O)[O-])c(N)c2C#N)C1. The molecule has 0 radical (unpaired) electrons. The van der Waals surface area contributed by atoms with E-state index in [9.17, 15) is 15.4 Å². The molecule has 1 heterocycles. The second kappa shape index (κ2) is 5.14. The summed E-state index contributed by atoms with van der Waals surface area (Å²) in [5.41, 5.74) is 6.42. The molecule has 0 aliphatic carbocycles. The number of hydrogen-bond donors (Lipinski definition) is 1. The van der Waals surface area contributed by atoms with Crippen molar-refractivity contribution in [1.82, 2.24) is 0 Å². The zero-order valence-corrected chi connectivity index (χ0v) is 10.8. The second-order valence-corrected chi connectivity index (χ2v) is 4.95. The van der Waals surface area contributed by atoms with E-state index in [0.717, 1.165) is 19.5 Å². The number of nitrogen functional groups attached to an aromatic ring is 1. The smallest absolute Gasteiger partial charge is 0.293 e. The number of anilines is 2. The highest BCUT2D eigenvalue weighted by Crippen LogP contribution is 2.34. The molecule has 0 bridgehead atoms. The molecule has 1 aliphatic rings. The van der Waals surface area contributed by atoms with Gasteiger partial charge in [-0.05, 0) is 24.8 Å². The van der Waals surface area contributed by atoms with E-state index >= 15 is 0 Å². The van der Waals surface area contributed by atoms with Gasteiger partial charge in [-0.25, -0.2) is 0 Å². The zero-order chi connectivity index (χ0) is 14.0. The number of nitro benzene ring substituents is 1. The van der Waals surface area contributed by atoms with Gasteiger partial charge in [0.1, 0.15) is 17.3 Å². The van der Waals surface area contributed by atoms with Crippen molar-refractivity contribution in [3.8, 4) is 6.07 Å². The molecule has 1 aliphatic heterocycles. The van der Waals surface area contributed by atoms with Crippen LogP contribution in [0, 0.1) is 27.4 Å². The lowest BCUT2D eigenvalue weighted by Crippen LogP contribution is -2.34. The van der Waals surface area contributed by atoms with Crippen molar-refractivity contribution < 1.29 is 4.92 Å². The van der Waals surface area contributed by atoms with Crippen LogP contribution >= 0.6 is 0 Å². The van der Waals surface area contributed by atoms with Crippen LogP contribution in [-0.2, 0) is 0 Å². The van der Waals surface area contributed by atoms with Crippen molar-refractivity contribution in [2.24, 2.45) is 5.92 Å². The second-order valence-electron chi connectivity index (χ2n) is 4.95. The molecule has 0 spiro atoms. The molecule has 0 amide bonds. The molecule has 1 saturated heterocycles. The highest BCUT2D eigenvalue weighted by molar-refractivity contribution is 5.77. The molecule has 1 unspecified atom stereocenters. The minimum absolute atomic E-state index is 0.0387. The molecule has 1 atom stereocenters. The van der Waals surface area contributed by atoms with Crippen molar-refractivity contribution in [1.29, 1.82) is 5.26 Å². The van der Waals surface area contributed by atoms with Crippen LogP contribution in [0.1, 0.15) is 25.3 Å². The Balaban J connectivity index is 2.44. The van der Waals surface area contributed by atoms with Crippen LogP contribution in [0.2, 0.25) is 0 Å². The van der Waals surface area contributed by atoms with Crippen molar-refractivity contribution >= 4 is 17.1 Å². The minimum Gasteiger partial charge on any atom is -0.392 e. The monoisotopic (exact) mass is 260 g/mol. The molecule has 6 nitrogen and oxygen atoms in total. The minimum atomic E-state index is -0.557. The molecule has 6 heteroatoms. The first-order valence-electron chi connectivity index (χ1n) is 6.26. The van der Waals surface area contributed by atoms with Gasteiger partial charge in [-0.15, -0.1) is 0 Å². The van der Waals surface area contributed by atoms with Gasteiger partial charge >= 0.3 is 0 Å². The van der Waals surface area contributed by atoms with Gasteiger partial charge in [-0.2, -0.15) is 5.26 Å². The maximum absolute atomic E-state index is 10.8. The van der Waals surface area contributed by atoms with Crippen LogP contribution in [0.4, 0.5) is 17.1 Å². The average molecular weight is 260 g/mol. The van der Waals surface area contributed by atoms with Crippen molar-refractivity contribution in [2.75, 3.05) is 23.7 Å². The van der Waals surface area contributed by atoms with Crippen LogP contribution in [0.25, 0.3) is 0 Å². The Morgan fingerprint density at radius 1 is 1.58 bits per heavy atom. The highest BCUT2D eigenvalue weighted by atomic mass is 16.6. The van der Waals surface area contributed by atoms with E-state index in [4.69, 9.17) is 5.73 Å². The molecular formula is C13H16N4O2. The number of rotatable bonds is 2. The van der Waals surface area contributed by atoms with Gasteiger partial charge in [-0.1, -0.05) is 6.92 Å². The summed E-state index contributed by atoms with van der Waals surface area (Å²) < 4.78 is 0. The molecule has 1 aromatic rings. The Kier molecular flexibility index (Phi) is 3.56. The number of nitrogens with zero attached hydrogens (tertiary/aromatic N) is 3. The number of benzene rings is 1. The fourth-order valence-corrected chi connectivity index (χ4v) is 2.55. The summed E-state index contributed by atoms with van der Waals surface area (Å²) in [6, 6.07) is 5.01. The fraction of sp³-hybridized carbons (Fsp3) is 0.462. The average Bonchev–Trinajstić information content (AvgIpc) is 2.37. The molecule has 1 aromatic carbocycles. The molecule has 0 saturated carbocycles. The Labute approximate surface area is 111 Å². The zero-order valence-electron chi connectivity index (χ0n) is 10.8. The number of nitro groups is 1. The van der Waals surface area contributed by atoms with E-state index in [2.05, 4.69) is 11.8 Å². The van der Waals surface area contributed by atoms with Gasteiger partial charge in [-0.3, -0.25) is 10.1 Å². The summed E-state index contributed by atoms with van der Waals surface area (Å²) in [4.78, 5) is 12.4. The summed E-state index contributed by atoms with van der Waals surface area (Å²) >= 11 is 0. The normalized spacial score (nSPS) is 18.9. The third kappa shape index (κ3) is 2.45. The van der Waals surface area contributed by atoms with Crippen molar-refractivity contribution in [3.63, 3.8) is 0 Å². The number of nitrogens with two attached hydrogens (primary N) is 1. The largest absolute Gasteiger partial charge is 0.392 e. The van der Waals surface area contributed by atoms with Crippen LogP contribution in [0.5, 0.6) is 0 Å². The predicted molar refractivity (Wildman–Crippen MR) is 72.8 cm³/mol. The molecule has 19 heavy (non-hydrogen) atoms. The van der Waals surface area contributed by atoms with E-state index in [1.165, 1.54) is 12.5 Å². The molecule has 1 fully saturated rings. The van der Waals surface area contributed by atoms with E-state index in [0.29, 0.717) is 11.6 Å². The molecule has 100 valence electrons. The Morgan fingerprint density at radius 3 is 2.89 bits per heavy atom. The Morgan fingerprint density at radius 2 is 2.32 bits per heavy atom. The van der Waals surface area contributed by atoms with Crippen molar-refractivity contribution in [2.45, 2.75) is 19.8 Å². The predicted octanol–water partition coefficient (Wildman–Crippen LogP) is 2.28. The number of nitriles is 1. The maximum atomic E-state index is 10.8. The van der Waals surface area contributed by atoms with Gasteiger partial charge in [0, 0.05) is 19.2 Å².